The molecule has 1 aromatic carbocycles. The number of benzene rings is 1. The minimum Gasteiger partial charge on any atom is -0.364 e. The fourth-order valence-electron chi connectivity index (χ4n) is 1.87. The van der Waals surface area contributed by atoms with Crippen molar-refractivity contribution in [2.45, 2.75) is 20.3 Å². The standard InChI is InChI=1S/C14H17N/c1-11(2)10-14-13-8-4-3-6-12(13)7-5-9-15-14/h3-9,11,15H,10H2,1-2H3. The summed E-state index contributed by atoms with van der Waals surface area (Å²) in [6.45, 7) is 4.49. The number of nitrogens with one attached hydrogen (secondary N) is 1. The zero-order valence-electron chi connectivity index (χ0n) is 9.33. The van der Waals surface area contributed by atoms with Crippen molar-refractivity contribution < 1.29 is 0 Å². The minimum atomic E-state index is 0.673. The second-order valence-electron chi connectivity index (χ2n) is 4.33. The van der Waals surface area contributed by atoms with E-state index in [0.29, 0.717) is 5.92 Å². The van der Waals surface area contributed by atoms with Gasteiger partial charge in [-0.15, -0.1) is 0 Å². The van der Waals surface area contributed by atoms with Gasteiger partial charge < -0.3 is 5.32 Å². The summed E-state index contributed by atoms with van der Waals surface area (Å²) < 4.78 is 0. The van der Waals surface area contributed by atoms with E-state index in [1.165, 1.54) is 16.1 Å². The van der Waals surface area contributed by atoms with E-state index in [1.807, 2.05) is 6.20 Å². The third kappa shape index (κ3) is 2.30. The van der Waals surface area contributed by atoms with Gasteiger partial charge in [-0.05, 0) is 23.6 Å². The monoisotopic (exact) mass is 199 g/mol. The lowest BCUT2D eigenvalue weighted by Crippen LogP contribution is -2.29. The summed E-state index contributed by atoms with van der Waals surface area (Å²) in [5.74, 6) is 0.673. The Hall–Kier alpha value is -1.50. The molecule has 0 fully saturated rings. The van der Waals surface area contributed by atoms with Crippen LogP contribution < -0.4 is 15.8 Å². The lowest BCUT2D eigenvalue weighted by atomic mass is 10.1. The minimum absolute atomic E-state index is 0.673. The Labute approximate surface area is 90.8 Å². The molecule has 0 atom stereocenters. The van der Waals surface area contributed by atoms with Crippen LogP contribution in [0.2, 0.25) is 0 Å². The normalized spacial score (nSPS) is 14.2. The molecule has 0 aliphatic carbocycles. The van der Waals surface area contributed by atoms with Gasteiger partial charge in [0.2, 0.25) is 0 Å². The highest BCUT2D eigenvalue weighted by atomic mass is 14.8. The maximum Gasteiger partial charge on any atom is 0.0228 e. The van der Waals surface area contributed by atoms with Crippen LogP contribution in [0, 0.1) is 5.92 Å². The highest BCUT2D eigenvalue weighted by molar-refractivity contribution is 5.51. The molecule has 15 heavy (non-hydrogen) atoms. The second kappa shape index (κ2) is 4.35. The Bertz CT molecular complexity index is 480. The van der Waals surface area contributed by atoms with Crippen molar-refractivity contribution in [1.82, 2.24) is 5.32 Å². The lowest BCUT2D eigenvalue weighted by Gasteiger charge is -2.09. The van der Waals surface area contributed by atoms with Gasteiger partial charge in [-0.2, -0.15) is 0 Å². The van der Waals surface area contributed by atoms with Crippen LogP contribution in [0.5, 0.6) is 0 Å². The lowest BCUT2D eigenvalue weighted by molar-refractivity contribution is 0.659. The van der Waals surface area contributed by atoms with E-state index in [4.69, 9.17) is 0 Å². The van der Waals surface area contributed by atoms with Crippen molar-refractivity contribution in [3.8, 4) is 0 Å². The van der Waals surface area contributed by atoms with Crippen LogP contribution in [-0.2, 0) is 0 Å². The molecule has 0 saturated carbocycles. The smallest absolute Gasteiger partial charge is 0.0228 e. The number of rotatable bonds is 2. The maximum absolute atomic E-state index is 3.37. The van der Waals surface area contributed by atoms with Gasteiger partial charge in [0.1, 0.15) is 0 Å². The second-order valence-corrected chi connectivity index (χ2v) is 4.33. The highest BCUT2D eigenvalue weighted by Crippen LogP contribution is 2.07. The van der Waals surface area contributed by atoms with Gasteiger partial charge >= 0.3 is 0 Å². The van der Waals surface area contributed by atoms with Crippen molar-refractivity contribution in [3.05, 3.63) is 47.0 Å². The van der Waals surface area contributed by atoms with Gasteiger partial charge in [0.05, 0.1) is 0 Å². The van der Waals surface area contributed by atoms with Gasteiger partial charge in [-0.1, -0.05) is 44.2 Å². The van der Waals surface area contributed by atoms with E-state index in [9.17, 15) is 0 Å². The zero-order chi connectivity index (χ0) is 10.7. The van der Waals surface area contributed by atoms with Gasteiger partial charge in [-0.25, -0.2) is 0 Å². The first kappa shape index (κ1) is 10.0. The molecule has 1 N–H and O–H groups in total. The fourth-order valence-corrected chi connectivity index (χ4v) is 1.87. The predicted molar refractivity (Wildman–Crippen MR) is 65.3 cm³/mol. The first-order chi connectivity index (χ1) is 7.27. The number of hydrogen-bond acceptors (Lipinski definition) is 1. The van der Waals surface area contributed by atoms with Crippen LogP contribution in [0.25, 0.3) is 11.8 Å². The van der Waals surface area contributed by atoms with Crippen molar-refractivity contribution in [2.75, 3.05) is 0 Å². The summed E-state index contributed by atoms with van der Waals surface area (Å²) in [7, 11) is 0. The first-order valence-electron chi connectivity index (χ1n) is 5.49. The van der Waals surface area contributed by atoms with Crippen molar-refractivity contribution in [3.63, 3.8) is 0 Å². The third-order valence-electron chi connectivity index (χ3n) is 2.53. The third-order valence-corrected chi connectivity index (χ3v) is 2.53. The van der Waals surface area contributed by atoms with Crippen molar-refractivity contribution in [1.29, 1.82) is 0 Å². The topological polar surface area (TPSA) is 12.0 Å². The number of hydrogen-bond donors (Lipinski definition) is 1. The molecule has 78 valence electrons. The Morgan fingerprint density at radius 3 is 2.80 bits per heavy atom. The van der Waals surface area contributed by atoms with Crippen molar-refractivity contribution >= 4 is 11.8 Å². The molecule has 0 aromatic heterocycles. The van der Waals surface area contributed by atoms with E-state index in [-0.39, 0.29) is 0 Å². The maximum atomic E-state index is 3.37. The van der Waals surface area contributed by atoms with Crippen LogP contribution in [0.15, 0.2) is 36.5 Å². The summed E-state index contributed by atoms with van der Waals surface area (Å²) >= 11 is 0. The molecule has 1 aliphatic rings. The van der Waals surface area contributed by atoms with Crippen LogP contribution in [-0.4, -0.2) is 0 Å². The summed E-state index contributed by atoms with van der Waals surface area (Å²) in [5, 5.41) is 6.00. The summed E-state index contributed by atoms with van der Waals surface area (Å²) in [6, 6.07) is 8.53. The van der Waals surface area contributed by atoms with E-state index in [1.54, 1.807) is 0 Å². The summed E-state index contributed by atoms with van der Waals surface area (Å²) in [4.78, 5) is 0. The molecule has 0 bridgehead atoms. The fraction of sp³-hybridized carbons (Fsp3) is 0.286. The largest absolute Gasteiger partial charge is 0.364 e. The molecular formula is C14H17N. The predicted octanol–water partition coefficient (Wildman–Crippen LogP) is 1.74. The molecule has 0 saturated heterocycles. The average Bonchev–Trinajstić information content (AvgIpc) is 2.41. The molecule has 0 amide bonds. The Balaban J connectivity index is 2.60. The van der Waals surface area contributed by atoms with Crippen LogP contribution >= 0.6 is 0 Å². The van der Waals surface area contributed by atoms with E-state index in [2.05, 4.69) is 55.6 Å². The van der Waals surface area contributed by atoms with Crippen LogP contribution in [0.4, 0.5) is 0 Å². The molecule has 1 nitrogen and oxygen atoms in total. The molecule has 0 spiro atoms. The first-order valence-corrected chi connectivity index (χ1v) is 5.49. The van der Waals surface area contributed by atoms with Gasteiger partial charge in [0.25, 0.3) is 0 Å². The SMILES string of the molecule is CC(C)CC1=c2ccccc2=CC=CN1. The molecule has 2 rings (SSSR count). The molecule has 0 radical (unpaired) electrons. The molecular weight excluding hydrogens is 182 g/mol. The van der Waals surface area contributed by atoms with Crippen LogP contribution in [0.1, 0.15) is 20.3 Å². The Morgan fingerprint density at radius 1 is 1.20 bits per heavy atom. The number of allylic oxidation sites excluding steroid dienone is 1. The highest BCUT2D eigenvalue weighted by Gasteiger charge is 2.02. The quantitative estimate of drug-likeness (QED) is 0.765. The van der Waals surface area contributed by atoms with Gasteiger partial charge in [0.15, 0.2) is 0 Å². The van der Waals surface area contributed by atoms with Gasteiger partial charge in [-0.3, -0.25) is 0 Å². The van der Waals surface area contributed by atoms with Crippen molar-refractivity contribution in [2.24, 2.45) is 5.92 Å². The van der Waals surface area contributed by atoms with E-state index >= 15 is 0 Å². The summed E-state index contributed by atoms with van der Waals surface area (Å²) in [6.07, 6.45) is 7.31. The average molecular weight is 199 g/mol. The van der Waals surface area contributed by atoms with Gasteiger partial charge in [0, 0.05) is 17.1 Å². The van der Waals surface area contributed by atoms with E-state index in [0.717, 1.165) is 6.42 Å². The zero-order valence-corrected chi connectivity index (χ0v) is 9.33. The molecule has 1 heterocycles. The molecule has 1 heteroatoms. The Kier molecular flexibility index (Phi) is 2.91. The van der Waals surface area contributed by atoms with Crippen LogP contribution in [0.3, 0.4) is 0 Å². The summed E-state index contributed by atoms with van der Waals surface area (Å²) in [5.41, 5.74) is 1.32. The molecule has 1 aromatic rings. The number of fused-ring (bicyclic) bond motifs is 1. The molecule has 0 unspecified atom stereocenters. The Morgan fingerprint density at radius 2 is 2.00 bits per heavy atom. The van der Waals surface area contributed by atoms with E-state index < -0.39 is 0 Å². The molecule has 1 aliphatic heterocycles.